The molecule has 1 rings (SSSR count). The minimum absolute atomic E-state index is 1.20. The molecule has 0 N–H and O–H groups in total. The summed E-state index contributed by atoms with van der Waals surface area (Å²) in [5, 5.41) is 0. The molecule has 128 valence electrons. The zero-order valence-electron chi connectivity index (χ0n) is 14.6. The Morgan fingerprint density at radius 3 is 1.77 bits per heavy atom. The Kier molecular flexibility index (Phi) is 10.5. The maximum absolute atomic E-state index is 3.79. The molecule has 1 aromatic rings. The summed E-state index contributed by atoms with van der Waals surface area (Å²) >= 11 is 7.45. The van der Waals surface area contributed by atoms with Crippen LogP contribution >= 0.6 is 39.1 Å². The van der Waals surface area contributed by atoms with Crippen LogP contribution in [0.25, 0.3) is 0 Å². The predicted octanol–water partition coefficient (Wildman–Crippen LogP) is 7.86. The fourth-order valence-electron chi connectivity index (χ4n) is 3.38. The van der Waals surface area contributed by atoms with E-state index in [-0.39, 0.29) is 0 Å². The summed E-state index contributed by atoms with van der Waals surface area (Å²) in [5.74, 6) is 0. The molecule has 0 radical (unpaired) electrons. The van der Waals surface area contributed by atoms with E-state index >= 15 is 0 Å². The Bertz CT molecular complexity index is 410. The van der Waals surface area contributed by atoms with Gasteiger partial charge < -0.3 is 0 Å². The zero-order valence-corrected chi connectivity index (χ0v) is 18.7. The Labute approximate surface area is 155 Å². The molecule has 0 amide bonds. The van der Waals surface area contributed by atoms with Crippen molar-refractivity contribution in [1.29, 1.82) is 0 Å². The second-order valence-electron chi connectivity index (χ2n) is 6.72. The number of halogens is 2. The number of hydrogen-bond donors (Lipinski definition) is 0. The third kappa shape index (κ3) is 7.02. The van der Waals surface area contributed by atoms with E-state index in [1.54, 1.807) is 0 Å². The third-order valence-electron chi connectivity index (χ3n) is 4.76. The van der Waals surface area contributed by atoms with Crippen LogP contribution in [-0.4, -0.2) is 18.5 Å². The molecule has 0 unspecified atom stereocenters. The van der Waals surface area contributed by atoms with Crippen LogP contribution in [0.1, 0.15) is 64.9 Å². The van der Waals surface area contributed by atoms with Gasteiger partial charge in [0.25, 0.3) is 0 Å². The van der Waals surface area contributed by atoms with Crippen LogP contribution in [0, 0.1) is 0 Å². The van der Waals surface area contributed by atoms with E-state index in [9.17, 15) is 0 Å². The number of rotatable bonds is 11. The van der Waals surface area contributed by atoms with E-state index in [1.807, 2.05) is 0 Å². The molecule has 0 nitrogen and oxygen atoms in total. The van der Waals surface area contributed by atoms with Crippen LogP contribution in [0.2, 0.25) is 0 Å². The first kappa shape index (κ1) is 20.7. The molecule has 0 saturated carbocycles. The van der Waals surface area contributed by atoms with Crippen molar-refractivity contribution >= 4 is 39.1 Å². The average Bonchev–Trinajstić information content (AvgIpc) is 2.52. The molecule has 0 aliphatic carbocycles. The van der Waals surface area contributed by atoms with E-state index in [4.69, 9.17) is 0 Å². The average molecular weight is 452 g/mol. The Hall–Kier alpha value is 0.610. The van der Waals surface area contributed by atoms with Gasteiger partial charge in [-0.1, -0.05) is 0 Å². The Balaban J connectivity index is 3.00. The molecule has 0 heterocycles. The first-order chi connectivity index (χ1) is 10.6. The monoisotopic (exact) mass is 450 g/mol. The van der Waals surface area contributed by atoms with Crippen molar-refractivity contribution < 1.29 is 0 Å². The number of benzene rings is 1. The third-order valence-corrected chi connectivity index (χ3v) is 11.4. The van der Waals surface area contributed by atoms with Crippen LogP contribution in [0.4, 0.5) is 0 Å². The standard InChI is InChI=1S/C19H33Br2P/c1-4-7-12-22(13-8-5-2,14-9-6-3)16-17-15-18(20)10-11-19(17)21/h10-11,15,22H,4-9,12-14,16H2,1-3H3. The SMILES string of the molecule is CCCC[PH](CCCC)(CCCC)Cc1cc(Br)ccc1Br. The molecule has 0 saturated heterocycles. The summed E-state index contributed by atoms with van der Waals surface area (Å²) < 4.78 is 2.52. The molecule has 1 aromatic carbocycles. The van der Waals surface area contributed by atoms with Crippen molar-refractivity contribution in [1.82, 2.24) is 0 Å². The number of hydrogen-bond acceptors (Lipinski definition) is 0. The van der Waals surface area contributed by atoms with E-state index < -0.39 is 7.26 Å². The first-order valence-electron chi connectivity index (χ1n) is 9.01. The molecule has 3 heteroatoms. The molecule has 0 aromatic heterocycles. The molecule has 0 atom stereocenters. The summed E-state index contributed by atoms with van der Waals surface area (Å²) in [6, 6.07) is 6.69. The molecular formula is C19H33Br2P. The molecule has 0 fully saturated rings. The quantitative estimate of drug-likeness (QED) is 0.300. The van der Waals surface area contributed by atoms with Crippen molar-refractivity contribution in [2.75, 3.05) is 18.5 Å². The number of unbranched alkanes of at least 4 members (excludes halogenated alkanes) is 3. The second kappa shape index (κ2) is 11.2. The van der Waals surface area contributed by atoms with Gasteiger partial charge in [-0.15, -0.1) is 0 Å². The van der Waals surface area contributed by atoms with E-state index in [0.717, 1.165) is 0 Å². The molecule has 0 aliphatic heterocycles. The van der Waals surface area contributed by atoms with Gasteiger partial charge in [0.05, 0.1) is 0 Å². The van der Waals surface area contributed by atoms with Gasteiger partial charge in [0, 0.05) is 0 Å². The fourth-order valence-corrected chi connectivity index (χ4v) is 10.1. The van der Waals surface area contributed by atoms with E-state index in [0.29, 0.717) is 0 Å². The van der Waals surface area contributed by atoms with Crippen LogP contribution < -0.4 is 0 Å². The van der Waals surface area contributed by atoms with Crippen LogP contribution in [0.5, 0.6) is 0 Å². The van der Waals surface area contributed by atoms with Gasteiger partial charge >= 0.3 is 156 Å². The van der Waals surface area contributed by atoms with Crippen molar-refractivity contribution in [2.45, 2.75) is 65.5 Å². The van der Waals surface area contributed by atoms with Gasteiger partial charge in [-0.25, -0.2) is 0 Å². The van der Waals surface area contributed by atoms with E-state index in [2.05, 4.69) is 70.8 Å². The van der Waals surface area contributed by atoms with Gasteiger partial charge in [0.2, 0.25) is 0 Å². The van der Waals surface area contributed by atoms with Gasteiger partial charge in [0.15, 0.2) is 0 Å². The van der Waals surface area contributed by atoms with Crippen LogP contribution in [0.15, 0.2) is 27.1 Å². The summed E-state index contributed by atoms with van der Waals surface area (Å²) in [6.45, 7) is 7.02. The fraction of sp³-hybridized carbons (Fsp3) is 0.684. The topological polar surface area (TPSA) is 0 Å². The first-order valence-corrected chi connectivity index (χ1v) is 13.4. The minimum atomic E-state index is -1.20. The van der Waals surface area contributed by atoms with Crippen molar-refractivity contribution in [3.05, 3.63) is 32.7 Å². The van der Waals surface area contributed by atoms with Gasteiger partial charge in [-0.3, -0.25) is 0 Å². The molecule has 0 bridgehead atoms. The second-order valence-corrected chi connectivity index (χ2v) is 13.3. The summed E-state index contributed by atoms with van der Waals surface area (Å²) in [5.41, 5.74) is 1.53. The summed E-state index contributed by atoms with van der Waals surface area (Å²) in [6.07, 6.45) is 14.2. The van der Waals surface area contributed by atoms with Gasteiger partial charge in [0.1, 0.15) is 0 Å². The van der Waals surface area contributed by atoms with Crippen LogP contribution in [-0.2, 0) is 6.16 Å². The molecule has 22 heavy (non-hydrogen) atoms. The van der Waals surface area contributed by atoms with Crippen molar-refractivity contribution in [3.8, 4) is 0 Å². The van der Waals surface area contributed by atoms with Gasteiger partial charge in [-0.05, 0) is 0 Å². The molecular weight excluding hydrogens is 419 g/mol. The normalized spacial score (nSPS) is 12.6. The maximum atomic E-state index is 3.79. The van der Waals surface area contributed by atoms with Crippen LogP contribution in [0.3, 0.4) is 0 Å². The van der Waals surface area contributed by atoms with Crippen molar-refractivity contribution in [2.24, 2.45) is 0 Å². The summed E-state index contributed by atoms with van der Waals surface area (Å²) in [4.78, 5) is 0. The van der Waals surface area contributed by atoms with Gasteiger partial charge in [-0.2, -0.15) is 0 Å². The predicted molar refractivity (Wildman–Crippen MR) is 113 cm³/mol. The van der Waals surface area contributed by atoms with Crippen molar-refractivity contribution in [3.63, 3.8) is 0 Å². The zero-order chi connectivity index (χ0) is 16.4. The summed E-state index contributed by atoms with van der Waals surface area (Å²) in [7, 11) is -1.20. The van der Waals surface area contributed by atoms with E-state index in [1.165, 1.54) is 77.7 Å². The molecule has 0 aliphatic rings. The Morgan fingerprint density at radius 2 is 1.32 bits per heavy atom. The molecule has 0 spiro atoms. The Morgan fingerprint density at radius 1 is 0.818 bits per heavy atom.